The Hall–Kier alpha value is -3.56. The van der Waals surface area contributed by atoms with Crippen molar-refractivity contribution in [2.45, 2.75) is 31.8 Å². The van der Waals surface area contributed by atoms with Gasteiger partial charge in [0, 0.05) is 30.2 Å². The molecule has 4 aromatic rings. The molecule has 3 aromatic heterocycles. The second-order valence-electron chi connectivity index (χ2n) is 8.26. The number of anilines is 2. The number of halogens is 2. The first-order valence-electron chi connectivity index (χ1n) is 10.9. The van der Waals surface area contributed by atoms with Crippen LogP contribution < -0.4 is 10.9 Å². The maximum absolute atomic E-state index is 13.9. The van der Waals surface area contributed by atoms with Crippen LogP contribution in [0.1, 0.15) is 36.2 Å². The topological polar surface area (TPSA) is 97.9 Å². The normalized spacial score (nSPS) is 14.2. The maximum atomic E-state index is 13.9. The molecule has 0 radical (unpaired) electrons. The molecule has 0 amide bonds. The van der Waals surface area contributed by atoms with E-state index < -0.39 is 11.9 Å². The van der Waals surface area contributed by atoms with E-state index in [4.69, 9.17) is 11.6 Å². The van der Waals surface area contributed by atoms with E-state index in [1.165, 1.54) is 22.8 Å². The molecule has 10 heteroatoms. The summed E-state index contributed by atoms with van der Waals surface area (Å²) in [6.07, 6.45) is 7.41. The van der Waals surface area contributed by atoms with Crippen LogP contribution in [0.3, 0.4) is 0 Å². The monoisotopic (exact) mass is 480 g/mol. The van der Waals surface area contributed by atoms with Gasteiger partial charge in [-0.15, -0.1) is 0 Å². The van der Waals surface area contributed by atoms with Gasteiger partial charge in [0.25, 0.3) is 5.56 Å². The van der Waals surface area contributed by atoms with Crippen molar-refractivity contribution in [2.75, 3.05) is 11.9 Å². The molecule has 1 aliphatic rings. The van der Waals surface area contributed by atoms with Crippen LogP contribution in [0, 0.1) is 12.7 Å². The highest BCUT2D eigenvalue weighted by Gasteiger charge is 2.25. The van der Waals surface area contributed by atoms with Crippen molar-refractivity contribution >= 4 is 23.2 Å². The molecule has 0 saturated heterocycles. The van der Waals surface area contributed by atoms with Gasteiger partial charge >= 0.3 is 0 Å². The molecule has 0 spiro atoms. The second kappa shape index (κ2) is 9.00. The molecule has 1 aromatic carbocycles. The lowest BCUT2D eigenvalue weighted by molar-refractivity contribution is 0.247. The van der Waals surface area contributed by atoms with Crippen molar-refractivity contribution in [1.82, 2.24) is 24.3 Å². The fourth-order valence-electron chi connectivity index (χ4n) is 3.81. The van der Waals surface area contributed by atoms with Crippen molar-refractivity contribution in [1.29, 1.82) is 0 Å². The molecular weight excluding hydrogens is 459 g/mol. The molecule has 1 saturated carbocycles. The first kappa shape index (κ1) is 22.2. The van der Waals surface area contributed by atoms with Crippen LogP contribution in [-0.4, -0.2) is 36.0 Å². The van der Waals surface area contributed by atoms with Crippen molar-refractivity contribution < 1.29 is 9.50 Å². The lowest BCUT2D eigenvalue weighted by atomic mass is 10.1. The Bertz CT molecular complexity index is 1410. The summed E-state index contributed by atoms with van der Waals surface area (Å²) in [5.74, 6) is -0.216. The number of hydrogen-bond donors (Lipinski definition) is 2. The van der Waals surface area contributed by atoms with E-state index in [9.17, 15) is 14.3 Å². The molecule has 5 rings (SSSR count). The maximum Gasteiger partial charge on any atom is 0.251 e. The fraction of sp³-hybridized carbons (Fsp3) is 0.250. The first-order chi connectivity index (χ1) is 16.4. The highest BCUT2D eigenvalue weighted by Crippen LogP contribution is 2.35. The Labute approximate surface area is 199 Å². The van der Waals surface area contributed by atoms with E-state index in [1.54, 1.807) is 30.6 Å². The average molecular weight is 481 g/mol. The number of pyridine rings is 1. The van der Waals surface area contributed by atoms with Crippen LogP contribution in [0.4, 0.5) is 16.0 Å². The van der Waals surface area contributed by atoms with E-state index in [2.05, 4.69) is 20.4 Å². The summed E-state index contributed by atoms with van der Waals surface area (Å²) in [7, 11) is 0. The lowest BCUT2D eigenvalue weighted by Gasteiger charge is -2.18. The Balaban J connectivity index is 1.41. The molecule has 2 N–H and O–H groups in total. The number of aliphatic hydroxyl groups excluding tert-OH is 1. The lowest BCUT2D eigenvalue weighted by Crippen LogP contribution is -2.27. The molecule has 1 aliphatic carbocycles. The van der Waals surface area contributed by atoms with Gasteiger partial charge in [-0.1, -0.05) is 17.7 Å². The zero-order valence-corrected chi connectivity index (χ0v) is 19.1. The van der Waals surface area contributed by atoms with Gasteiger partial charge in [0.1, 0.15) is 5.82 Å². The van der Waals surface area contributed by atoms with E-state index in [0.717, 1.165) is 24.2 Å². The molecule has 1 fully saturated rings. The summed E-state index contributed by atoms with van der Waals surface area (Å²) in [4.78, 5) is 21.7. The van der Waals surface area contributed by atoms with Crippen LogP contribution >= 0.6 is 11.6 Å². The summed E-state index contributed by atoms with van der Waals surface area (Å²) in [5, 5.41) is 17.6. The standard InChI is InChI=1S/C24H22ClFN6O2/c1-14-21(12-32(30-14)17-3-4-17)29-24-27-8-6-20(28-24)15-7-9-31(23(34)11-15)22(13-33)16-2-5-18(25)19(26)10-16/h2,5-12,17,22,33H,3-4,13H2,1H3,(H,27,28,29)/t22-/m1/s1. The number of aromatic nitrogens is 5. The SMILES string of the molecule is Cc1nn(C2CC2)cc1Nc1nccc(-c2ccn([C@H](CO)c3ccc(Cl)c(F)c3)c(=O)c2)n1. The first-order valence-corrected chi connectivity index (χ1v) is 11.2. The molecular formula is C24H22ClFN6O2. The Morgan fingerprint density at radius 1 is 1.26 bits per heavy atom. The third kappa shape index (κ3) is 4.44. The number of benzene rings is 1. The van der Waals surface area contributed by atoms with Crippen LogP contribution in [0.5, 0.6) is 0 Å². The minimum absolute atomic E-state index is 0.0219. The summed E-state index contributed by atoms with van der Waals surface area (Å²) in [6, 6.07) is 8.79. The highest BCUT2D eigenvalue weighted by molar-refractivity contribution is 6.30. The predicted octanol–water partition coefficient (Wildman–Crippen LogP) is 4.26. The molecule has 0 aliphatic heterocycles. The van der Waals surface area contributed by atoms with Gasteiger partial charge in [0.05, 0.1) is 40.8 Å². The third-order valence-electron chi connectivity index (χ3n) is 5.82. The van der Waals surface area contributed by atoms with Gasteiger partial charge in [-0.3, -0.25) is 9.48 Å². The summed E-state index contributed by atoms with van der Waals surface area (Å²) in [5.41, 5.74) is 2.93. The van der Waals surface area contributed by atoms with E-state index in [1.807, 2.05) is 17.8 Å². The molecule has 0 bridgehead atoms. The number of hydrogen-bond acceptors (Lipinski definition) is 6. The van der Waals surface area contributed by atoms with E-state index in [0.29, 0.717) is 28.8 Å². The van der Waals surface area contributed by atoms with Crippen LogP contribution in [0.2, 0.25) is 5.02 Å². The van der Waals surface area contributed by atoms with Gasteiger partial charge in [0.15, 0.2) is 0 Å². The predicted molar refractivity (Wildman–Crippen MR) is 127 cm³/mol. The zero-order valence-electron chi connectivity index (χ0n) is 18.3. The van der Waals surface area contributed by atoms with E-state index in [-0.39, 0.29) is 17.2 Å². The van der Waals surface area contributed by atoms with Crippen molar-refractivity contribution in [3.05, 3.63) is 87.4 Å². The van der Waals surface area contributed by atoms with Gasteiger partial charge in [-0.25, -0.2) is 14.4 Å². The van der Waals surface area contributed by atoms with Gasteiger partial charge < -0.3 is 15.0 Å². The van der Waals surface area contributed by atoms with Crippen molar-refractivity contribution in [3.8, 4) is 11.3 Å². The van der Waals surface area contributed by atoms with Crippen LogP contribution in [-0.2, 0) is 0 Å². The summed E-state index contributed by atoms with van der Waals surface area (Å²) >= 11 is 5.76. The smallest absolute Gasteiger partial charge is 0.251 e. The number of rotatable bonds is 7. The van der Waals surface area contributed by atoms with Crippen LogP contribution in [0.15, 0.2) is 59.8 Å². The summed E-state index contributed by atoms with van der Waals surface area (Å²) in [6.45, 7) is 1.55. The van der Waals surface area contributed by atoms with Crippen LogP contribution in [0.25, 0.3) is 11.3 Å². The van der Waals surface area contributed by atoms with Gasteiger partial charge in [-0.05, 0) is 49.6 Å². The largest absolute Gasteiger partial charge is 0.394 e. The average Bonchev–Trinajstić information content (AvgIpc) is 3.62. The molecule has 174 valence electrons. The molecule has 34 heavy (non-hydrogen) atoms. The summed E-state index contributed by atoms with van der Waals surface area (Å²) < 4.78 is 17.2. The Morgan fingerprint density at radius 3 is 2.79 bits per heavy atom. The number of aliphatic hydroxyl groups is 1. The number of nitrogens with one attached hydrogen (secondary N) is 1. The molecule has 0 unspecified atom stereocenters. The fourth-order valence-corrected chi connectivity index (χ4v) is 3.93. The van der Waals surface area contributed by atoms with E-state index >= 15 is 0 Å². The molecule has 8 nitrogen and oxygen atoms in total. The molecule has 1 atom stereocenters. The Kier molecular flexibility index (Phi) is 5.89. The van der Waals surface area contributed by atoms with Gasteiger partial charge in [-0.2, -0.15) is 5.10 Å². The minimum atomic E-state index is -0.748. The Morgan fingerprint density at radius 2 is 2.09 bits per heavy atom. The number of aryl methyl sites for hydroxylation is 1. The quantitative estimate of drug-likeness (QED) is 0.410. The van der Waals surface area contributed by atoms with Crippen molar-refractivity contribution in [2.24, 2.45) is 0 Å². The molecule has 3 heterocycles. The minimum Gasteiger partial charge on any atom is -0.394 e. The third-order valence-corrected chi connectivity index (χ3v) is 6.13. The van der Waals surface area contributed by atoms with Crippen molar-refractivity contribution in [3.63, 3.8) is 0 Å². The van der Waals surface area contributed by atoms with Gasteiger partial charge in [0.2, 0.25) is 5.95 Å². The zero-order chi connectivity index (χ0) is 23.8. The second-order valence-corrected chi connectivity index (χ2v) is 8.67. The number of nitrogens with zero attached hydrogens (tertiary/aromatic N) is 5. The highest BCUT2D eigenvalue weighted by atomic mass is 35.5.